The fraction of sp³-hybridized carbons (Fsp3) is 0.0526. The fourth-order valence-corrected chi connectivity index (χ4v) is 3.34. The van der Waals surface area contributed by atoms with Gasteiger partial charge in [-0.15, -0.1) is 16.4 Å². The molecule has 0 aliphatic rings. The second kappa shape index (κ2) is 7.98. The summed E-state index contributed by atoms with van der Waals surface area (Å²) in [5, 5.41) is 20.7. The van der Waals surface area contributed by atoms with Crippen molar-refractivity contribution in [1.29, 1.82) is 0 Å². The van der Waals surface area contributed by atoms with E-state index in [1.807, 2.05) is 17.5 Å². The number of nitro groups is 1. The molecular formula is C19H14N6O3S. The Balaban J connectivity index is 1.75. The van der Waals surface area contributed by atoms with E-state index in [9.17, 15) is 14.9 Å². The minimum Gasteiger partial charge on any atom is -0.349 e. The van der Waals surface area contributed by atoms with Gasteiger partial charge < -0.3 is 5.32 Å². The average Bonchev–Trinajstić information content (AvgIpc) is 3.42. The number of para-hydroxylation sites is 1. The summed E-state index contributed by atoms with van der Waals surface area (Å²) in [6.45, 7) is 0.438. The highest BCUT2D eigenvalue weighted by molar-refractivity contribution is 7.09. The molecule has 0 radical (unpaired) electrons. The summed E-state index contributed by atoms with van der Waals surface area (Å²) in [5.41, 5.74) is 0.264. The van der Waals surface area contributed by atoms with E-state index in [1.165, 1.54) is 18.2 Å². The average molecular weight is 406 g/mol. The van der Waals surface area contributed by atoms with Gasteiger partial charge in [-0.3, -0.25) is 19.9 Å². The Bertz CT molecular complexity index is 1160. The highest BCUT2D eigenvalue weighted by Crippen LogP contribution is 2.23. The molecule has 0 bridgehead atoms. The minimum atomic E-state index is -0.645. The zero-order valence-corrected chi connectivity index (χ0v) is 15.7. The van der Waals surface area contributed by atoms with Crippen LogP contribution in [0.4, 0.5) is 11.6 Å². The molecule has 0 atom stereocenters. The number of anilines is 1. The van der Waals surface area contributed by atoms with Crippen LogP contribution in [0.5, 0.6) is 0 Å². The van der Waals surface area contributed by atoms with E-state index >= 15 is 0 Å². The third kappa shape index (κ3) is 3.87. The third-order valence-electron chi connectivity index (χ3n) is 4.05. The van der Waals surface area contributed by atoms with Gasteiger partial charge in [0.25, 0.3) is 11.6 Å². The lowest BCUT2D eigenvalue weighted by Gasteiger charge is -2.06. The first-order valence-electron chi connectivity index (χ1n) is 8.55. The molecule has 10 heteroatoms. The Morgan fingerprint density at radius 1 is 1.17 bits per heavy atom. The number of rotatable bonds is 6. The van der Waals surface area contributed by atoms with Gasteiger partial charge in [0.1, 0.15) is 5.56 Å². The summed E-state index contributed by atoms with van der Waals surface area (Å²) in [6, 6.07) is 13.1. The van der Waals surface area contributed by atoms with E-state index in [-0.39, 0.29) is 17.2 Å². The fourth-order valence-electron chi connectivity index (χ4n) is 2.69. The molecule has 0 spiro atoms. The molecule has 4 rings (SSSR count). The van der Waals surface area contributed by atoms with Crippen LogP contribution in [0.25, 0.3) is 11.4 Å². The SMILES string of the molecule is O=C(c1ccccc1[N+](=O)[O-])n1nc(-c2cccnc2)nc1NCc1cccs1. The number of nitrogens with one attached hydrogen (secondary N) is 1. The maximum absolute atomic E-state index is 13.1. The molecule has 3 heterocycles. The first-order chi connectivity index (χ1) is 14.1. The first kappa shape index (κ1) is 18.4. The summed E-state index contributed by atoms with van der Waals surface area (Å²) in [5.74, 6) is -0.160. The molecule has 0 fully saturated rings. The van der Waals surface area contributed by atoms with Crippen LogP contribution in [0.1, 0.15) is 15.2 Å². The Kier molecular flexibility index (Phi) is 5.08. The largest absolute Gasteiger partial charge is 0.349 e. The van der Waals surface area contributed by atoms with Crippen molar-refractivity contribution in [1.82, 2.24) is 19.7 Å². The highest BCUT2D eigenvalue weighted by atomic mass is 32.1. The number of pyridine rings is 1. The van der Waals surface area contributed by atoms with Crippen LogP contribution in [-0.2, 0) is 6.54 Å². The number of nitro benzene ring substituents is 1. The van der Waals surface area contributed by atoms with Gasteiger partial charge in [-0.1, -0.05) is 18.2 Å². The summed E-state index contributed by atoms with van der Waals surface area (Å²) in [6.07, 6.45) is 3.20. The monoisotopic (exact) mass is 406 g/mol. The van der Waals surface area contributed by atoms with Crippen molar-refractivity contribution in [3.8, 4) is 11.4 Å². The Hall–Kier alpha value is -3.92. The van der Waals surface area contributed by atoms with Gasteiger partial charge in [0.15, 0.2) is 5.82 Å². The van der Waals surface area contributed by atoms with Gasteiger partial charge in [0, 0.05) is 28.9 Å². The molecule has 0 saturated heterocycles. The van der Waals surface area contributed by atoms with Gasteiger partial charge in [-0.05, 0) is 29.6 Å². The minimum absolute atomic E-state index is 0.0701. The zero-order chi connectivity index (χ0) is 20.2. The van der Waals surface area contributed by atoms with Crippen LogP contribution in [0.2, 0.25) is 0 Å². The van der Waals surface area contributed by atoms with Crippen molar-refractivity contribution >= 4 is 28.9 Å². The normalized spacial score (nSPS) is 10.6. The van der Waals surface area contributed by atoms with Gasteiger partial charge in [0.2, 0.25) is 5.95 Å². The lowest BCUT2D eigenvalue weighted by molar-refractivity contribution is -0.385. The van der Waals surface area contributed by atoms with Crippen molar-refractivity contribution in [2.75, 3.05) is 5.32 Å². The van der Waals surface area contributed by atoms with Crippen LogP contribution in [-0.4, -0.2) is 30.6 Å². The van der Waals surface area contributed by atoms with Crippen molar-refractivity contribution in [3.05, 3.63) is 86.9 Å². The predicted molar refractivity (Wildman–Crippen MR) is 108 cm³/mol. The van der Waals surface area contributed by atoms with Crippen LogP contribution >= 0.6 is 11.3 Å². The lowest BCUT2D eigenvalue weighted by Crippen LogP contribution is -2.18. The van der Waals surface area contributed by atoms with E-state index in [4.69, 9.17) is 0 Å². The standard InChI is InChI=1S/C19H14N6O3S/c26-18(15-7-1-2-8-16(15)25(27)28)24-19(21-12-14-6-4-10-29-14)22-17(23-24)13-5-3-9-20-11-13/h1-11H,12H2,(H,21,22,23). The van der Waals surface area contributed by atoms with Crippen LogP contribution in [0.15, 0.2) is 66.3 Å². The maximum atomic E-state index is 13.1. The smallest absolute Gasteiger partial charge is 0.288 e. The summed E-state index contributed by atoms with van der Waals surface area (Å²) in [4.78, 5) is 33.3. The third-order valence-corrected chi connectivity index (χ3v) is 4.93. The molecule has 0 unspecified atom stereocenters. The van der Waals surface area contributed by atoms with Crippen molar-refractivity contribution in [2.45, 2.75) is 6.54 Å². The van der Waals surface area contributed by atoms with E-state index in [1.54, 1.807) is 41.9 Å². The topological polar surface area (TPSA) is 116 Å². The zero-order valence-electron chi connectivity index (χ0n) is 14.9. The molecule has 9 nitrogen and oxygen atoms in total. The summed E-state index contributed by atoms with van der Waals surface area (Å²) in [7, 11) is 0. The number of aromatic nitrogens is 4. The number of benzene rings is 1. The molecule has 0 saturated carbocycles. The van der Waals surface area contributed by atoms with Crippen molar-refractivity contribution in [3.63, 3.8) is 0 Å². The van der Waals surface area contributed by atoms with Crippen molar-refractivity contribution < 1.29 is 9.72 Å². The van der Waals surface area contributed by atoms with Crippen LogP contribution < -0.4 is 5.32 Å². The molecule has 0 amide bonds. The molecule has 144 valence electrons. The number of carbonyl (C=O) groups is 1. The quantitative estimate of drug-likeness (QED) is 0.384. The first-order valence-corrected chi connectivity index (χ1v) is 9.43. The second-order valence-electron chi connectivity index (χ2n) is 5.92. The number of thiophene rings is 1. The van der Waals surface area contributed by atoms with E-state index in [0.29, 0.717) is 17.9 Å². The van der Waals surface area contributed by atoms with E-state index in [0.717, 1.165) is 9.56 Å². The van der Waals surface area contributed by atoms with Crippen LogP contribution in [0, 0.1) is 10.1 Å². The lowest BCUT2D eigenvalue weighted by atomic mass is 10.1. The van der Waals surface area contributed by atoms with E-state index < -0.39 is 10.8 Å². The van der Waals surface area contributed by atoms with Gasteiger partial charge in [-0.25, -0.2) is 0 Å². The van der Waals surface area contributed by atoms with Gasteiger partial charge in [0.05, 0.1) is 11.5 Å². The second-order valence-corrected chi connectivity index (χ2v) is 6.96. The number of nitrogens with zero attached hydrogens (tertiary/aromatic N) is 5. The molecule has 0 aliphatic carbocycles. The summed E-state index contributed by atoms with van der Waals surface area (Å²) >= 11 is 1.56. The molecule has 29 heavy (non-hydrogen) atoms. The predicted octanol–water partition coefficient (Wildman–Crippen LogP) is 3.61. The molecule has 0 aliphatic heterocycles. The molecule has 4 aromatic rings. The molecular weight excluding hydrogens is 392 g/mol. The van der Waals surface area contributed by atoms with Crippen molar-refractivity contribution in [2.24, 2.45) is 0 Å². The highest BCUT2D eigenvalue weighted by Gasteiger charge is 2.25. The molecule has 1 aromatic carbocycles. The number of carbonyl (C=O) groups excluding carboxylic acids is 1. The van der Waals surface area contributed by atoms with Gasteiger partial charge >= 0.3 is 0 Å². The maximum Gasteiger partial charge on any atom is 0.288 e. The summed E-state index contributed by atoms with van der Waals surface area (Å²) < 4.78 is 1.05. The Morgan fingerprint density at radius 3 is 2.76 bits per heavy atom. The van der Waals surface area contributed by atoms with Gasteiger partial charge in [-0.2, -0.15) is 9.67 Å². The Morgan fingerprint density at radius 2 is 2.03 bits per heavy atom. The molecule has 1 N–H and O–H groups in total. The Labute approximate surface area is 168 Å². The molecule has 3 aromatic heterocycles. The van der Waals surface area contributed by atoms with E-state index in [2.05, 4.69) is 20.4 Å². The number of hydrogen-bond donors (Lipinski definition) is 1. The number of hydrogen-bond acceptors (Lipinski definition) is 8. The van der Waals surface area contributed by atoms with Crippen LogP contribution in [0.3, 0.4) is 0 Å².